The zero-order chi connectivity index (χ0) is 18.7. The van der Waals surface area contributed by atoms with Gasteiger partial charge in [0.1, 0.15) is 5.75 Å². The molecule has 1 fully saturated rings. The number of carboxylic acid groups (broad SMARTS) is 1. The number of nitrogens with zero attached hydrogens (tertiary/aromatic N) is 3. The summed E-state index contributed by atoms with van der Waals surface area (Å²) in [6, 6.07) is 4.18. The predicted molar refractivity (Wildman–Crippen MR) is 91.6 cm³/mol. The van der Waals surface area contributed by atoms with Crippen LogP contribution in [0.4, 0.5) is 16.2 Å². The number of nitro benzene ring substituents is 1. The van der Waals surface area contributed by atoms with Crippen molar-refractivity contribution in [3.05, 3.63) is 28.3 Å². The van der Waals surface area contributed by atoms with Gasteiger partial charge < -0.3 is 25.0 Å². The largest absolute Gasteiger partial charge is 0.482 e. The van der Waals surface area contributed by atoms with Gasteiger partial charge in [0.2, 0.25) is 0 Å². The highest BCUT2D eigenvalue weighted by molar-refractivity contribution is 5.98. The van der Waals surface area contributed by atoms with Crippen LogP contribution in [0, 0.1) is 10.1 Å². The Kier molecular flexibility index (Phi) is 5.21. The van der Waals surface area contributed by atoms with Crippen LogP contribution in [0.1, 0.15) is 12.8 Å². The quantitative estimate of drug-likeness (QED) is 0.591. The van der Waals surface area contributed by atoms with E-state index in [4.69, 9.17) is 9.84 Å². The molecule has 0 saturated carbocycles. The van der Waals surface area contributed by atoms with Gasteiger partial charge >= 0.3 is 6.09 Å². The van der Waals surface area contributed by atoms with Gasteiger partial charge in [-0.15, -0.1) is 0 Å². The molecule has 26 heavy (non-hydrogen) atoms. The van der Waals surface area contributed by atoms with E-state index >= 15 is 0 Å². The van der Waals surface area contributed by atoms with Crippen LogP contribution in [0.2, 0.25) is 0 Å². The van der Waals surface area contributed by atoms with Crippen LogP contribution in [0.15, 0.2) is 18.2 Å². The number of nitrogens with one attached hydrogen (secondary N) is 1. The van der Waals surface area contributed by atoms with Crippen LogP contribution < -0.4 is 15.0 Å². The first-order valence-corrected chi connectivity index (χ1v) is 8.37. The van der Waals surface area contributed by atoms with E-state index in [1.165, 1.54) is 23.1 Å². The molecule has 1 aromatic rings. The summed E-state index contributed by atoms with van der Waals surface area (Å²) >= 11 is 0. The first-order chi connectivity index (χ1) is 12.4. The maximum atomic E-state index is 12.2. The number of non-ortho nitro benzene ring substituents is 1. The number of nitro groups is 1. The molecule has 10 nitrogen and oxygen atoms in total. The van der Waals surface area contributed by atoms with Gasteiger partial charge in [0, 0.05) is 44.4 Å². The van der Waals surface area contributed by atoms with Gasteiger partial charge in [-0.05, 0) is 18.9 Å². The predicted octanol–water partition coefficient (Wildman–Crippen LogP) is 1.05. The van der Waals surface area contributed by atoms with Gasteiger partial charge in [-0.1, -0.05) is 0 Å². The number of anilines is 1. The van der Waals surface area contributed by atoms with Crippen molar-refractivity contribution in [2.24, 2.45) is 0 Å². The number of carbonyl (C=O) groups is 2. The molecule has 0 aromatic heterocycles. The van der Waals surface area contributed by atoms with Crippen molar-refractivity contribution in [3.63, 3.8) is 0 Å². The lowest BCUT2D eigenvalue weighted by atomic mass is 10.1. The number of hydrogen-bond donors (Lipinski definition) is 2. The van der Waals surface area contributed by atoms with Crippen LogP contribution >= 0.6 is 0 Å². The van der Waals surface area contributed by atoms with Crippen molar-refractivity contribution < 1.29 is 24.4 Å². The molecule has 140 valence electrons. The minimum Gasteiger partial charge on any atom is -0.482 e. The molecule has 2 amide bonds. The van der Waals surface area contributed by atoms with Crippen molar-refractivity contribution >= 4 is 23.4 Å². The van der Waals surface area contributed by atoms with Gasteiger partial charge in [0.05, 0.1) is 10.6 Å². The second-order valence-corrected chi connectivity index (χ2v) is 6.31. The van der Waals surface area contributed by atoms with E-state index in [1.54, 1.807) is 0 Å². The maximum absolute atomic E-state index is 12.2. The smallest absolute Gasteiger partial charge is 0.404 e. The number of carbonyl (C=O) groups excluding carboxylic acids is 1. The Hall–Kier alpha value is -2.88. The van der Waals surface area contributed by atoms with Crippen LogP contribution in [0.5, 0.6) is 5.75 Å². The van der Waals surface area contributed by atoms with Gasteiger partial charge in [-0.2, -0.15) is 0 Å². The highest BCUT2D eigenvalue weighted by Gasteiger charge is 2.28. The van der Waals surface area contributed by atoms with Crippen molar-refractivity contribution in [1.82, 2.24) is 10.2 Å². The first kappa shape index (κ1) is 17.9. The van der Waals surface area contributed by atoms with E-state index in [0.717, 1.165) is 13.1 Å². The van der Waals surface area contributed by atoms with Crippen molar-refractivity contribution in [2.75, 3.05) is 37.7 Å². The van der Waals surface area contributed by atoms with E-state index in [2.05, 4.69) is 10.2 Å². The zero-order valence-corrected chi connectivity index (χ0v) is 14.1. The van der Waals surface area contributed by atoms with Gasteiger partial charge in [0.25, 0.3) is 11.6 Å². The highest BCUT2D eigenvalue weighted by atomic mass is 16.6. The molecular weight excluding hydrogens is 344 g/mol. The minimum atomic E-state index is -1.01. The third-order valence-corrected chi connectivity index (χ3v) is 4.65. The summed E-state index contributed by atoms with van der Waals surface area (Å²) < 4.78 is 5.35. The van der Waals surface area contributed by atoms with E-state index in [9.17, 15) is 19.7 Å². The summed E-state index contributed by atoms with van der Waals surface area (Å²) in [5.74, 6) is 0.222. The molecular formula is C16H20N4O6. The molecule has 10 heteroatoms. The lowest BCUT2D eigenvalue weighted by Gasteiger charge is -2.34. The van der Waals surface area contributed by atoms with Crippen LogP contribution in [0.25, 0.3) is 0 Å². The zero-order valence-electron chi connectivity index (χ0n) is 14.1. The molecule has 0 bridgehead atoms. The second kappa shape index (κ2) is 7.56. The molecule has 0 atom stereocenters. The Labute approximate surface area is 149 Å². The summed E-state index contributed by atoms with van der Waals surface area (Å²) in [4.78, 5) is 37.1. The molecule has 0 aliphatic carbocycles. The second-order valence-electron chi connectivity index (χ2n) is 6.31. The number of rotatable bonds is 5. The van der Waals surface area contributed by atoms with Crippen LogP contribution in [-0.4, -0.2) is 65.8 Å². The van der Waals surface area contributed by atoms with Crippen LogP contribution in [-0.2, 0) is 4.79 Å². The van der Waals surface area contributed by atoms with E-state index < -0.39 is 11.0 Å². The number of benzene rings is 1. The number of likely N-dealkylation sites (tertiary alicyclic amines) is 1. The lowest BCUT2D eigenvalue weighted by molar-refractivity contribution is -0.384. The summed E-state index contributed by atoms with van der Waals surface area (Å²) in [6.45, 7) is 2.37. The standard InChI is InChI=1S/C16H20N4O6/c21-15-10-26-14-2-1-12(20(24)25)9-13(14)19(15)8-7-18-5-3-11(4-6-18)17-16(22)23/h1-2,9,11,17H,3-8,10H2,(H,22,23). The third-order valence-electron chi connectivity index (χ3n) is 4.65. The van der Waals surface area contributed by atoms with Crippen LogP contribution in [0.3, 0.4) is 0 Å². The normalized spacial score (nSPS) is 18.2. The monoisotopic (exact) mass is 364 g/mol. The fraction of sp³-hybridized carbons (Fsp3) is 0.500. The molecule has 0 unspecified atom stereocenters. The molecule has 0 radical (unpaired) electrons. The first-order valence-electron chi connectivity index (χ1n) is 8.37. The summed E-state index contributed by atoms with van der Waals surface area (Å²) in [5, 5.41) is 22.2. The average molecular weight is 364 g/mol. The van der Waals surface area contributed by atoms with E-state index in [1.807, 2.05) is 0 Å². The topological polar surface area (TPSA) is 125 Å². The molecule has 2 heterocycles. The molecule has 1 saturated heterocycles. The highest BCUT2D eigenvalue weighted by Crippen LogP contribution is 2.35. The Morgan fingerprint density at radius 3 is 2.73 bits per heavy atom. The fourth-order valence-corrected chi connectivity index (χ4v) is 3.27. The Morgan fingerprint density at radius 2 is 2.08 bits per heavy atom. The summed E-state index contributed by atoms with van der Waals surface area (Å²) in [6.07, 6.45) is 0.414. The summed E-state index contributed by atoms with van der Waals surface area (Å²) in [7, 11) is 0. The average Bonchev–Trinajstić information content (AvgIpc) is 2.61. The SMILES string of the molecule is O=C(O)NC1CCN(CCN2C(=O)COc3ccc([N+](=O)[O-])cc32)CC1. The third kappa shape index (κ3) is 4.02. The van der Waals surface area contributed by atoms with Crippen molar-refractivity contribution in [1.29, 1.82) is 0 Å². The summed E-state index contributed by atoms with van der Waals surface area (Å²) in [5.41, 5.74) is 0.325. The van der Waals surface area contributed by atoms with Crippen molar-refractivity contribution in [2.45, 2.75) is 18.9 Å². The van der Waals surface area contributed by atoms with E-state index in [-0.39, 0.29) is 24.2 Å². The minimum absolute atomic E-state index is 0.0443. The molecule has 2 N–H and O–H groups in total. The Balaban J connectivity index is 1.62. The van der Waals surface area contributed by atoms with Gasteiger partial charge in [-0.3, -0.25) is 14.9 Å². The number of hydrogen-bond acceptors (Lipinski definition) is 6. The molecule has 2 aliphatic heterocycles. The Bertz CT molecular complexity index is 717. The number of amides is 2. The number of fused-ring (bicyclic) bond motifs is 1. The van der Waals surface area contributed by atoms with Gasteiger partial charge in [-0.25, -0.2) is 4.79 Å². The maximum Gasteiger partial charge on any atom is 0.404 e. The number of piperidine rings is 1. The number of ether oxygens (including phenoxy) is 1. The van der Waals surface area contributed by atoms with E-state index in [0.29, 0.717) is 37.4 Å². The molecule has 0 spiro atoms. The van der Waals surface area contributed by atoms with Crippen molar-refractivity contribution in [3.8, 4) is 5.75 Å². The van der Waals surface area contributed by atoms with Gasteiger partial charge in [0.15, 0.2) is 6.61 Å². The lowest BCUT2D eigenvalue weighted by Crippen LogP contribution is -2.48. The Morgan fingerprint density at radius 1 is 1.35 bits per heavy atom. The molecule has 3 rings (SSSR count). The fourth-order valence-electron chi connectivity index (χ4n) is 3.27. The molecule has 1 aromatic carbocycles. The molecule has 2 aliphatic rings.